The van der Waals surface area contributed by atoms with E-state index in [9.17, 15) is 8.78 Å². The molecule has 0 bridgehead atoms. The molecule has 0 aliphatic heterocycles. The lowest BCUT2D eigenvalue weighted by Gasteiger charge is -2.34. The zero-order valence-corrected chi connectivity index (χ0v) is 7.19. The summed E-state index contributed by atoms with van der Waals surface area (Å²) in [4.78, 5) is 0. The molecule has 0 aromatic rings. The van der Waals surface area contributed by atoms with E-state index in [2.05, 4.69) is 12.2 Å². The Balaban J connectivity index is 2.10. The number of hydrogen-bond acceptors (Lipinski definition) is 2. The Morgan fingerprint density at radius 2 is 2.08 bits per heavy atom. The van der Waals surface area contributed by atoms with Crippen molar-refractivity contribution in [2.75, 3.05) is 13.2 Å². The lowest BCUT2D eigenvalue weighted by Crippen LogP contribution is -2.46. The summed E-state index contributed by atoms with van der Waals surface area (Å²) >= 11 is 0. The standard InChI is InChI=1S/C8H15F2NO/c1-6-2-7(3-6)11-4-8(9,10)5-12/h6-7,11-12H,2-5H2,1H3. The highest BCUT2D eigenvalue weighted by Crippen LogP contribution is 2.26. The Morgan fingerprint density at radius 1 is 1.50 bits per heavy atom. The van der Waals surface area contributed by atoms with Gasteiger partial charge in [-0.3, -0.25) is 0 Å². The molecule has 0 aromatic carbocycles. The van der Waals surface area contributed by atoms with Gasteiger partial charge in [0.1, 0.15) is 6.61 Å². The van der Waals surface area contributed by atoms with E-state index in [4.69, 9.17) is 5.11 Å². The molecule has 0 radical (unpaired) electrons. The molecule has 0 saturated heterocycles. The molecule has 0 spiro atoms. The first-order chi connectivity index (χ1) is 5.53. The molecular weight excluding hydrogens is 164 g/mol. The fourth-order valence-corrected chi connectivity index (χ4v) is 1.42. The van der Waals surface area contributed by atoms with Crippen molar-refractivity contribution in [1.82, 2.24) is 5.32 Å². The fourth-order valence-electron chi connectivity index (χ4n) is 1.42. The SMILES string of the molecule is CC1CC(NCC(F)(F)CO)C1. The van der Waals surface area contributed by atoms with Crippen LogP contribution in [-0.4, -0.2) is 30.2 Å². The third-order valence-electron chi connectivity index (χ3n) is 2.25. The van der Waals surface area contributed by atoms with Crippen molar-refractivity contribution >= 4 is 0 Å². The third-order valence-corrected chi connectivity index (χ3v) is 2.25. The highest BCUT2D eigenvalue weighted by Gasteiger charge is 2.31. The van der Waals surface area contributed by atoms with Gasteiger partial charge in [-0.1, -0.05) is 6.92 Å². The maximum absolute atomic E-state index is 12.5. The lowest BCUT2D eigenvalue weighted by molar-refractivity contribution is -0.0519. The molecule has 0 heterocycles. The van der Waals surface area contributed by atoms with Crippen LogP contribution in [0.25, 0.3) is 0 Å². The van der Waals surface area contributed by atoms with Gasteiger partial charge in [0, 0.05) is 6.04 Å². The van der Waals surface area contributed by atoms with E-state index in [1.807, 2.05) is 0 Å². The Bertz CT molecular complexity index is 146. The molecule has 1 rings (SSSR count). The summed E-state index contributed by atoms with van der Waals surface area (Å²) in [5.74, 6) is -2.30. The second kappa shape index (κ2) is 3.66. The van der Waals surface area contributed by atoms with Crippen LogP contribution in [-0.2, 0) is 0 Å². The Hall–Kier alpha value is -0.220. The minimum absolute atomic E-state index is 0.234. The maximum Gasteiger partial charge on any atom is 0.282 e. The summed E-state index contributed by atoms with van der Waals surface area (Å²) in [6.07, 6.45) is 1.95. The first kappa shape index (κ1) is 9.86. The molecule has 0 aromatic heterocycles. The van der Waals surface area contributed by atoms with Crippen LogP contribution >= 0.6 is 0 Å². The van der Waals surface area contributed by atoms with E-state index in [0.29, 0.717) is 5.92 Å². The van der Waals surface area contributed by atoms with Gasteiger partial charge in [-0.15, -0.1) is 0 Å². The molecule has 0 atom stereocenters. The van der Waals surface area contributed by atoms with E-state index >= 15 is 0 Å². The first-order valence-electron chi connectivity index (χ1n) is 4.25. The summed E-state index contributed by atoms with van der Waals surface area (Å²) in [6, 6.07) is 0.234. The van der Waals surface area contributed by atoms with Crippen LogP contribution in [0.4, 0.5) is 8.78 Å². The van der Waals surface area contributed by atoms with E-state index in [-0.39, 0.29) is 6.04 Å². The molecule has 12 heavy (non-hydrogen) atoms. The highest BCUT2D eigenvalue weighted by atomic mass is 19.3. The quantitative estimate of drug-likeness (QED) is 0.674. The van der Waals surface area contributed by atoms with Crippen LogP contribution in [0.2, 0.25) is 0 Å². The normalized spacial score (nSPS) is 30.0. The van der Waals surface area contributed by atoms with Crippen LogP contribution in [0.1, 0.15) is 19.8 Å². The lowest BCUT2D eigenvalue weighted by atomic mass is 9.82. The van der Waals surface area contributed by atoms with Crippen LogP contribution in [0, 0.1) is 5.92 Å². The molecule has 1 aliphatic rings. The van der Waals surface area contributed by atoms with Gasteiger partial charge in [0.05, 0.1) is 6.54 Å². The smallest absolute Gasteiger partial charge is 0.282 e. The molecule has 2 N–H and O–H groups in total. The maximum atomic E-state index is 12.5. The van der Waals surface area contributed by atoms with Gasteiger partial charge >= 0.3 is 0 Å². The van der Waals surface area contributed by atoms with Crippen molar-refractivity contribution in [2.45, 2.75) is 31.7 Å². The van der Waals surface area contributed by atoms with Crippen LogP contribution < -0.4 is 5.32 Å². The van der Waals surface area contributed by atoms with Crippen molar-refractivity contribution in [2.24, 2.45) is 5.92 Å². The van der Waals surface area contributed by atoms with Crippen LogP contribution in [0.3, 0.4) is 0 Å². The third kappa shape index (κ3) is 2.68. The average molecular weight is 179 g/mol. The van der Waals surface area contributed by atoms with E-state index in [0.717, 1.165) is 12.8 Å². The predicted molar refractivity (Wildman–Crippen MR) is 42.2 cm³/mol. The fraction of sp³-hybridized carbons (Fsp3) is 1.00. The second-order valence-electron chi connectivity index (χ2n) is 3.67. The molecule has 1 fully saturated rings. The number of alkyl halides is 2. The number of hydrogen-bond donors (Lipinski definition) is 2. The van der Waals surface area contributed by atoms with E-state index in [1.165, 1.54) is 0 Å². The summed E-state index contributed by atoms with van der Waals surface area (Å²) in [6.45, 7) is 0.630. The number of aliphatic hydroxyl groups excluding tert-OH is 1. The van der Waals surface area contributed by atoms with Crippen LogP contribution in [0.15, 0.2) is 0 Å². The van der Waals surface area contributed by atoms with Gasteiger partial charge in [0.25, 0.3) is 5.92 Å². The predicted octanol–water partition coefficient (Wildman–Crippen LogP) is 1.00. The minimum Gasteiger partial charge on any atom is -0.390 e. The van der Waals surface area contributed by atoms with E-state index < -0.39 is 19.1 Å². The number of nitrogens with one attached hydrogen (secondary N) is 1. The van der Waals surface area contributed by atoms with Crippen molar-refractivity contribution in [1.29, 1.82) is 0 Å². The van der Waals surface area contributed by atoms with Gasteiger partial charge in [-0.2, -0.15) is 0 Å². The summed E-state index contributed by atoms with van der Waals surface area (Å²) < 4.78 is 24.9. The van der Waals surface area contributed by atoms with Crippen molar-refractivity contribution in [3.05, 3.63) is 0 Å². The second-order valence-corrected chi connectivity index (χ2v) is 3.67. The van der Waals surface area contributed by atoms with Crippen LogP contribution in [0.5, 0.6) is 0 Å². The van der Waals surface area contributed by atoms with Crippen molar-refractivity contribution < 1.29 is 13.9 Å². The Kier molecular flexibility index (Phi) is 3.01. The summed E-state index contributed by atoms with van der Waals surface area (Å²) in [7, 11) is 0. The zero-order valence-electron chi connectivity index (χ0n) is 7.19. The van der Waals surface area contributed by atoms with Crippen molar-refractivity contribution in [3.63, 3.8) is 0 Å². The molecule has 0 unspecified atom stereocenters. The number of aliphatic hydroxyl groups is 1. The largest absolute Gasteiger partial charge is 0.390 e. The number of rotatable bonds is 4. The van der Waals surface area contributed by atoms with Crippen molar-refractivity contribution in [3.8, 4) is 0 Å². The molecule has 2 nitrogen and oxygen atoms in total. The Labute approximate surface area is 71.0 Å². The Morgan fingerprint density at radius 3 is 2.50 bits per heavy atom. The molecule has 1 saturated carbocycles. The zero-order chi connectivity index (χ0) is 9.19. The molecule has 4 heteroatoms. The minimum atomic E-state index is -2.96. The van der Waals surface area contributed by atoms with E-state index in [1.54, 1.807) is 0 Å². The highest BCUT2D eigenvalue weighted by molar-refractivity contribution is 4.84. The van der Waals surface area contributed by atoms with Gasteiger partial charge in [0.15, 0.2) is 0 Å². The number of halogens is 2. The molecule has 72 valence electrons. The van der Waals surface area contributed by atoms with Gasteiger partial charge < -0.3 is 10.4 Å². The first-order valence-corrected chi connectivity index (χ1v) is 4.25. The average Bonchev–Trinajstić information content (AvgIpc) is 1.96. The van der Waals surface area contributed by atoms with Gasteiger partial charge in [-0.05, 0) is 18.8 Å². The summed E-state index contributed by atoms with van der Waals surface area (Å²) in [5.41, 5.74) is 0. The molecular formula is C8H15F2NO. The summed E-state index contributed by atoms with van der Waals surface area (Å²) in [5, 5.41) is 11.0. The molecule has 1 aliphatic carbocycles. The van der Waals surface area contributed by atoms with Gasteiger partial charge in [0.2, 0.25) is 0 Å². The topological polar surface area (TPSA) is 32.3 Å². The monoisotopic (exact) mass is 179 g/mol. The molecule has 0 amide bonds. The van der Waals surface area contributed by atoms with Gasteiger partial charge in [-0.25, -0.2) is 8.78 Å².